The normalized spacial score (nSPS) is 13.6. The zero-order valence-corrected chi connectivity index (χ0v) is 19.4. The summed E-state index contributed by atoms with van der Waals surface area (Å²) in [7, 11) is 1.82. The van der Waals surface area contributed by atoms with E-state index in [9.17, 15) is 4.79 Å². The van der Waals surface area contributed by atoms with Gasteiger partial charge in [-0.1, -0.05) is 36.4 Å². The standard InChI is InChI=1S/C25H26N6OS/c1-29(15-21-17-33-18-27-21)25(32)24-22-16-30(13-20-8-5-10-26-12-20)11-9-23(22)31(28-24)14-19-6-3-2-4-7-19/h2-8,10,12,17-18H,9,11,13-16H2,1H3. The molecule has 8 heteroatoms. The van der Waals surface area contributed by atoms with Crippen molar-refractivity contribution in [2.75, 3.05) is 13.6 Å². The molecule has 0 radical (unpaired) electrons. The predicted octanol–water partition coefficient (Wildman–Crippen LogP) is 3.61. The Morgan fingerprint density at radius 3 is 2.73 bits per heavy atom. The summed E-state index contributed by atoms with van der Waals surface area (Å²) in [6.45, 7) is 3.56. The highest BCUT2D eigenvalue weighted by Gasteiger charge is 2.29. The first-order chi connectivity index (χ1) is 16.2. The van der Waals surface area contributed by atoms with Crippen LogP contribution >= 0.6 is 11.3 Å². The van der Waals surface area contributed by atoms with Crippen LogP contribution in [-0.4, -0.2) is 49.0 Å². The molecule has 168 valence electrons. The molecule has 4 aromatic rings. The summed E-state index contributed by atoms with van der Waals surface area (Å²) in [6.07, 6.45) is 4.56. The molecule has 0 bridgehead atoms. The van der Waals surface area contributed by atoms with E-state index in [0.29, 0.717) is 25.3 Å². The lowest BCUT2D eigenvalue weighted by atomic mass is 10.0. The summed E-state index contributed by atoms with van der Waals surface area (Å²) in [5.74, 6) is -0.0608. The van der Waals surface area contributed by atoms with E-state index in [1.165, 1.54) is 22.5 Å². The predicted molar refractivity (Wildman–Crippen MR) is 128 cm³/mol. The molecule has 0 atom stereocenters. The maximum absolute atomic E-state index is 13.5. The van der Waals surface area contributed by atoms with Crippen LogP contribution in [0.3, 0.4) is 0 Å². The topological polar surface area (TPSA) is 67.2 Å². The number of fused-ring (bicyclic) bond motifs is 1. The van der Waals surface area contributed by atoms with E-state index in [-0.39, 0.29) is 5.91 Å². The van der Waals surface area contributed by atoms with Crippen molar-refractivity contribution in [1.29, 1.82) is 0 Å². The molecule has 1 aliphatic rings. The third-order valence-electron chi connectivity index (χ3n) is 5.95. The maximum atomic E-state index is 13.5. The second kappa shape index (κ2) is 9.64. The largest absolute Gasteiger partial charge is 0.334 e. The minimum absolute atomic E-state index is 0.0608. The number of pyridine rings is 1. The molecule has 4 heterocycles. The smallest absolute Gasteiger partial charge is 0.274 e. The first-order valence-corrected chi connectivity index (χ1v) is 12.0. The minimum atomic E-state index is -0.0608. The van der Waals surface area contributed by atoms with E-state index >= 15 is 0 Å². The molecule has 1 amide bonds. The Morgan fingerprint density at radius 2 is 1.97 bits per heavy atom. The molecular formula is C25H26N6OS. The first-order valence-electron chi connectivity index (χ1n) is 11.0. The van der Waals surface area contributed by atoms with E-state index in [4.69, 9.17) is 5.10 Å². The number of rotatable bonds is 7. The first kappa shape index (κ1) is 21.5. The Bertz CT molecular complexity index is 1210. The van der Waals surface area contributed by atoms with E-state index in [2.05, 4.69) is 33.1 Å². The van der Waals surface area contributed by atoms with E-state index in [0.717, 1.165) is 36.5 Å². The van der Waals surface area contributed by atoms with Crippen molar-refractivity contribution in [3.63, 3.8) is 0 Å². The number of aromatic nitrogens is 4. The van der Waals surface area contributed by atoms with Crippen LogP contribution in [0.15, 0.2) is 65.7 Å². The quantitative estimate of drug-likeness (QED) is 0.423. The molecule has 0 saturated heterocycles. The second-order valence-corrected chi connectivity index (χ2v) is 9.10. The van der Waals surface area contributed by atoms with Crippen LogP contribution in [0.1, 0.15) is 38.6 Å². The third kappa shape index (κ3) is 4.86. The summed E-state index contributed by atoms with van der Waals surface area (Å²) in [5.41, 5.74) is 7.78. The van der Waals surface area contributed by atoms with Crippen molar-refractivity contribution in [2.24, 2.45) is 0 Å². The maximum Gasteiger partial charge on any atom is 0.274 e. The van der Waals surface area contributed by atoms with E-state index in [1.54, 1.807) is 16.6 Å². The molecule has 0 spiro atoms. The van der Waals surface area contributed by atoms with Crippen molar-refractivity contribution < 1.29 is 4.79 Å². The average molecular weight is 459 g/mol. The van der Waals surface area contributed by atoms with Crippen molar-refractivity contribution in [3.05, 3.63) is 99.5 Å². The molecule has 5 rings (SSSR count). The number of thiazole rings is 1. The lowest BCUT2D eigenvalue weighted by molar-refractivity contribution is 0.0774. The van der Waals surface area contributed by atoms with Crippen molar-refractivity contribution in [1.82, 2.24) is 29.5 Å². The van der Waals surface area contributed by atoms with Crippen molar-refractivity contribution >= 4 is 17.2 Å². The van der Waals surface area contributed by atoms with E-state index < -0.39 is 0 Å². The van der Waals surface area contributed by atoms with Crippen LogP contribution in [0.25, 0.3) is 0 Å². The Hall–Kier alpha value is -3.36. The van der Waals surface area contributed by atoms with Gasteiger partial charge in [0.05, 0.1) is 24.3 Å². The Labute approximate surface area is 197 Å². The SMILES string of the molecule is CN(Cc1cscn1)C(=O)c1nn(Cc2ccccc2)c2c1CN(Cc1cccnc1)CC2. The average Bonchev–Trinajstić information content (AvgIpc) is 3.48. The number of benzene rings is 1. The van der Waals surface area contributed by atoms with Crippen LogP contribution in [0.5, 0.6) is 0 Å². The molecule has 0 N–H and O–H groups in total. The summed E-state index contributed by atoms with van der Waals surface area (Å²) < 4.78 is 2.02. The highest BCUT2D eigenvalue weighted by atomic mass is 32.1. The molecule has 0 aliphatic carbocycles. The minimum Gasteiger partial charge on any atom is -0.334 e. The monoisotopic (exact) mass is 458 g/mol. The number of carbonyl (C=O) groups is 1. The highest BCUT2D eigenvalue weighted by Crippen LogP contribution is 2.26. The molecule has 0 fully saturated rings. The zero-order chi connectivity index (χ0) is 22.6. The number of hydrogen-bond donors (Lipinski definition) is 0. The third-order valence-corrected chi connectivity index (χ3v) is 6.58. The van der Waals surface area contributed by atoms with Gasteiger partial charge in [0.2, 0.25) is 0 Å². The fourth-order valence-electron chi connectivity index (χ4n) is 4.30. The van der Waals surface area contributed by atoms with Gasteiger partial charge in [0.1, 0.15) is 0 Å². The van der Waals surface area contributed by atoms with Crippen molar-refractivity contribution in [2.45, 2.75) is 32.6 Å². The summed E-state index contributed by atoms with van der Waals surface area (Å²) in [5, 5.41) is 6.82. The molecule has 33 heavy (non-hydrogen) atoms. The summed E-state index contributed by atoms with van der Waals surface area (Å²) in [6, 6.07) is 14.3. The molecular weight excluding hydrogens is 432 g/mol. The van der Waals surface area contributed by atoms with Gasteiger partial charge in [0, 0.05) is 62.1 Å². The number of hydrogen-bond acceptors (Lipinski definition) is 6. The van der Waals surface area contributed by atoms with Gasteiger partial charge in [-0.25, -0.2) is 4.98 Å². The van der Waals surface area contributed by atoms with Gasteiger partial charge in [0.15, 0.2) is 5.69 Å². The van der Waals surface area contributed by atoms with Gasteiger partial charge in [0.25, 0.3) is 5.91 Å². The lowest BCUT2D eigenvalue weighted by Crippen LogP contribution is -2.33. The summed E-state index contributed by atoms with van der Waals surface area (Å²) in [4.78, 5) is 26.1. The number of amides is 1. The fourth-order valence-corrected chi connectivity index (χ4v) is 4.85. The lowest BCUT2D eigenvalue weighted by Gasteiger charge is -2.28. The Balaban J connectivity index is 1.43. The van der Waals surface area contributed by atoms with Crippen LogP contribution in [0.2, 0.25) is 0 Å². The highest BCUT2D eigenvalue weighted by molar-refractivity contribution is 7.07. The Kier molecular flexibility index (Phi) is 6.28. The molecule has 3 aromatic heterocycles. The second-order valence-electron chi connectivity index (χ2n) is 8.38. The Morgan fingerprint density at radius 1 is 1.12 bits per heavy atom. The fraction of sp³-hybridized carbons (Fsp3) is 0.280. The molecule has 7 nitrogen and oxygen atoms in total. The molecule has 1 aromatic carbocycles. The van der Waals surface area contributed by atoms with Crippen LogP contribution < -0.4 is 0 Å². The van der Waals surface area contributed by atoms with Gasteiger partial charge in [-0.05, 0) is 17.2 Å². The van der Waals surface area contributed by atoms with E-state index in [1.807, 2.05) is 47.6 Å². The van der Waals surface area contributed by atoms with Crippen LogP contribution in [0.4, 0.5) is 0 Å². The van der Waals surface area contributed by atoms with Gasteiger partial charge in [-0.3, -0.25) is 19.4 Å². The molecule has 1 aliphatic heterocycles. The van der Waals surface area contributed by atoms with Gasteiger partial charge >= 0.3 is 0 Å². The molecule has 0 saturated carbocycles. The van der Waals surface area contributed by atoms with Crippen LogP contribution in [-0.2, 0) is 32.6 Å². The molecule has 0 unspecified atom stereocenters. The number of carbonyl (C=O) groups excluding carboxylic acids is 1. The summed E-state index contributed by atoms with van der Waals surface area (Å²) >= 11 is 1.54. The van der Waals surface area contributed by atoms with Crippen molar-refractivity contribution in [3.8, 4) is 0 Å². The van der Waals surface area contributed by atoms with Gasteiger partial charge in [-0.2, -0.15) is 5.10 Å². The van der Waals surface area contributed by atoms with Crippen LogP contribution in [0, 0.1) is 0 Å². The van der Waals surface area contributed by atoms with Gasteiger partial charge in [-0.15, -0.1) is 11.3 Å². The van der Waals surface area contributed by atoms with Gasteiger partial charge < -0.3 is 4.90 Å². The zero-order valence-electron chi connectivity index (χ0n) is 18.6. The number of nitrogens with zero attached hydrogens (tertiary/aromatic N) is 6.